The predicted octanol–water partition coefficient (Wildman–Crippen LogP) is 4.00. The van der Waals surface area contributed by atoms with Crippen LogP contribution in [-0.2, 0) is 4.79 Å². The minimum atomic E-state index is -0.0241. The van der Waals surface area contributed by atoms with Crippen molar-refractivity contribution < 1.29 is 9.59 Å². The molecule has 0 spiro atoms. The van der Waals surface area contributed by atoms with Crippen LogP contribution in [0.5, 0.6) is 0 Å². The van der Waals surface area contributed by atoms with Gasteiger partial charge in [-0.15, -0.1) is 0 Å². The molecule has 2 aliphatic rings. The molecule has 2 bridgehead atoms. The summed E-state index contributed by atoms with van der Waals surface area (Å²) in [6.45, 7) is 2.13. The number of fused-ring (bicyclic) bond motifs is 3. The van der Waals surface area contributed by atoms with Crippen molar-refractivity contribution in [2.24, 2.45) is 17.8 Å². The van der Waals surface area contributed by atoms with E-state index in [0.717, 1.165) is 22.7 Å². The lowest BCUT2D eigenvalue weighted by atomic mass is 9.84. The lowest BCUT2D eigenvalue weighted by Crippen LogP contribution is -2.40. The standard InChI is InChI=1S/C21H26N2O2/c1-14(18-13-15-6-7-17(18)12-15)22-20(24)8-9-21(25)23-11-10-16-4-2-3-5-19(16)23/h2-5,10-11,14-15,17-18H,6-9,12-13H2,1H3,(H,22,24). The lowest BCUT2D eigenvalue weighted by molar-refractivity contribution is -0.122. The fourth-order valence-corrected chi connectivity index (χ4v) is 4.98. The van der Waals surface area contributed by atoms with Gasteiger partial charge in [0.2, 0.25) is 11.8 Å². The summed E-state index contributed by atoms with van der Waals surface area (Å²) >= 11 is 0. The van der Waals surface area contributed by atoms with E-state index in [4.69, 9.17) is 0 Å². The average molecular weight is 338 g/mol. The van der Waals surface area contributed by atoms with Crippen LogP contribution in [0.15, 0.2) is 36.5 Å². The summed E-state index contributed by atoms with van der Waals surface area (Å²) in [4.78, 5) is 24.7. The van der Waals surface area contributed by atoms with E-state index in [9.17, 15) is 9.59 Å². The first-order valence-electron chi connectivity index (χ1n) is 9.50. The van der Waals surface area contributed by atoms with Crippen LogP contribution >= 0.6 is 0 Å². The van der Waals surface area contributed by atoms with Crippen LogP contribution in [0.3, 0.4) is 0 Å². The molecule has 4 heteroatoms. The van der Waals surface area contributed by atoms with Crippen LogP contribution in [0.25, 0.3) is 10.9 Å². The van der Waals surface area contributed by atoms with Crippen molar-refractivity contribution in [3.63, 3.8) is 0 Å². The summed E-state index contributed by atoms with van der Waals surface area (Å²) in [6, 6.07) is 9.97. The van der Waals surface area contributed by atoms with E-state index in [2.05, 4.69) is 12.2 Å². The normalized spacial score (nSPS) is 26.0. The highest BCUT2D eigenvalue weighted by molar-refractivity contribution is 5.93. The number of hydrogen-bond donors (Lipinski definition) is 1. The van der Waals surface area contributed by atoms with Gasteiger partial charge in [-0.25, -0.2) is 0 Å². The minimum absolute atomic E-state index is 0.0000788. The van der Waals surface area contributed by atoms with Crippen molar-refractivity contribution in [2.75, 3.05) is 0 Å². The maximum Gasteiger partial charge on any atom is 0.231 e. The topological polar surface area (TPSA) is 51.1 Å². The fourth-order valence-electron chi connectivity index (χ4n) is 4.98. The molecule has 4 atom stereocenters. The molecule has 4 nitrogen and oxygen atoms in total. The minimum Gasteiger partial charge on any atom is -0.353 e. The van der Waals surface area contributed by atoms with Gasteiger partial charge in [-0.05, 0) is 56.1 Å². The van der Waals surface area contributed by atoms with E-state index in [-0.39, 0.29) is 30.7 Å². The van der Waals surface area contributed by atoms with Crippen LogP contribution < -0.4 is 5.32 Å². The highest BCUT2D eigenvalue weighted by Gasteiger charge is 2.42. The Kier molecular flexibility index (Phi) is 4.36. The molecule has 0 saturated heterocycles. The number of carbonyl (C=O) groups excluding carboxylic acids is 2. The molecule has 1 amide bonds. The Morgan fingerprint density at radius 1 is 1.16 bits per heavy atom. The maximum absolute atomic E-state index is 12.5. The number of benzene rings is 1. The van der Waals surface area contributed by atoms with Gasteiger partial charge >= 0.3 is 0 Å². The zero-order valence-electron chi connectivity index (χ0n) is 14.8. The Bertz CT molecular complexity index is 794. The van der Waals surface area contributed by atoms with Crippen molar-refractivity contribution in [3.8, 4) is 0 Å². The SMILES string of the molecule is CC(NC(=O)CCC(=O)n1ccc2ccccc21)C1CC2CCC1C2. The van der Waals surface area contributed by atoms with Gasteiger partial charge < -0.3 is 5.32 Å². The average Bonchev–Trinajstić information content (AvgIpc) is 3.34. The third-order valence-corrected chi connectivity index (χ3v) is 6.26. The molecular formula is C21H26N2O2. The number of aromatic nitrogens is 1. The van der Waals surface area contributed by atoms with Crippen molar-refractivity contribution in [2.45, 2.75) is 51.5 Å². The lowest BCUT2D eigenvalue weighted by Gasteiger charge is -2.28. The molecule has 132 valence electrons. The van der Waals surface area contributed by atoms with E-state index in [0.29, 0.717) is 5.92 Å². The molecule has 1 heterocycles. The van der Waals surface area contributed by atoms with Crippen molar-refractivity contribution in [3.05, 3.63) is 36.5 Å². The van der Waals surface area contributed by atoms with Gasteiger partial charge in [0, 0.05) is 30.5 Å². The van der Waals surface area contributed by atoms with Crippen LogP contribution in [0.4, 0.5) is 0 Å². The molecule has 4 rings (SSSR count). The zero-order valence-corrected chi connectivity index (χ0v) is 14.8. The number of hydrogen-bond acceptors (Lipinski definition) is 2. The molecule has 0 radical (unpaired) electrons. The molecule has 4 unspecified atom stereocenters. The molecular weight excluding hydrogens is 312 g/mol. The van der Waals surface area contributed by atoms with Crippen LogP contribution in [0.1, 0.15) is 50.2 Å². The molecule has 25 heavy (non-hydrogen) atoms. The second-order valence-corrected chi connectivity index (χ2v) is 7.83. The first kappa shape index (κ1) is 16.4. The molecule has 2 saturated carbocycles. The van der Waals surface area contributed by atoms with Gasteiger partial charge in [-0.2, -0.15) is 0 Å². The zero-order chi connectivity index (χ0) is 17.4. The Hall–Kier alpha value is -2.10. The summed E-state index contributed by atoms with van der Waals surface area (Å²) in [5.74, 6) is 2.29. The van der Waals surface area contributed by atoms with Crippen LogP contribution in [-0.4, -0.2) is 22.4 Å². The summed E-state index contributed by atoms with van der Waals surface area (Å²) in [5, 5.41) is 4.19. The van der Waals surface area contributed by atoms with Crippen molar-refractivity contribution in [1.82, 2.24) is 9.88 Å². The molecule has 2 fully saturated rings. The van der Waals surface area contributed by atoms with E-state index in [1.165, 1.54) is 25.7 Å². The van der Waals surface area contributed by atoms with Gasteiger partial charge in [-0.1, -0.05) is 24.6 Å². The molecule has 0 aliphatic heterocycles. The molecule has 2 aromatic rings. The number of para-hydroxylation sites is 1. The number of carbonyl (C=O) groups is 2. The highest BCUT2D eigenvalue weighted by atomic mass is 16.2. The van der Waals surface area contributed by atoms with Gasteiger partial charge in [0.05, 0.1) is 5.52 Å². The summed E-state index contributed by atoms with van der Waals surface area (Å²) in [7, 11) is 0. The van der Waals surface area contributed by atoms with Gasteiger partial charge in [-0.3, -0.25) is 14.2 Å². The van der Waals surface area contributed by atoms with Crippen molar-refractivity contribution >= 4 is 22.7 Å². The summed E-state index contributed by atoms with van der Waals surface area (Å²) < 4.78 is 1.65. The monoisotopic (exact) mass is 338 g/mol. The second kappa shape index (κ2) is 6.66. The van der Waals surface area contributed by atoms with Crippen LogP contribution in [0.2, 0.25) is 0 Å². The Morgan fingerprint density at radius 2 is 2.00 bits per heavy atom. The molecule has 1 aromatic heterocycles. The van der Waals surface area contributed by atoms with Crippen molar-refractivity contribution in [1.29, 1.82) is 0 Å². The molecule has 2 aliphatic carbocycles. The summed E-state index contributed by atoms with van der Waals surface area (Å²) in [6.07, 6.45) is 7.62. The third-order valence-electron chi connectivity index (χ3n) is 6.26. The Labute approximate surface area is 148 Å². The maximum atomic E-state index is 12.5. The number of amides is 1. The first-order chi connectivity index (χ1) is 12.1. The predicted molar refractivity (Wildman–Crippen MR) is 98.3 cm³/mol. The first-order valence-corrected chi connectivity index (χ1v) is 9.50. The fraction of sp³-hybridized carbons (Fsp3) is 0.524. The van der Waals surface area contributed by atoms with Gasteiger partial charge in [0.25, 0.3) is 0 Å². The number of nitrogens with zero attached hydrogens (tertiary/aromatic N) is 1. The Morgan fingerprint density at radius 3 is 2.76 bits per heavy atom. The number of nitrogens with one attached hydrogen (secondary N) is 1. The summed E-state index contributed by atoms with van der Waals surface area (Å²) in [5.41, 5.74) is 0.906. The number of rotatable bonds is 5. The van der Waals surface area contributed by atoms with Gasteiger partial charge in [0.1, 0.15) is 0 Å². The molecule has 1 aromatic carbocycles. The molecule has 1 N–H and O–H groups in total. The smallest absolute Gasteiger partial charge is 0.231 e. The van der Waals surface area contributed by atoms with Gasteiger partial charge in [0.15, 0.2) is 0 Å². The highest BCUT2D eigenvalue weighted by Crippen LogP contribution is 2.49. The van der Waals surface area contributed by atoms with E-state index in [1.807, 2.05) is 30.3 Å². The quantitative estimate of drug-likeness (QED) is 0.896. The Balaban J connectivity index is 1.30. The van der Waals surface area contributed by atoms with E-state index >= 15 is 0 Å². The van der Waals surface area contributed by atoms with E-state index in [1.54, 1.807) is 10.8 Å². The third kappa shape index (κ3) is 3.22. The largest absolute Gasteiger partial charge is 0.353 e. The van der Waals surface area contributed by atoms with E-state index < -0.39 is 0 Å². The second-order valence-electron chi connectivity index (χ2n) is 7.83. The van der Waals surface area contributed by atoms with Crippen LogP contribution in [0, 0.1) is 17.8 Å².